The molecule has 2 heteroatoms. The molecular weight excluding hydrogens is 192 g/mol. The van der Waals surface area contributed by atoms with Gasteiger partial charge in [0.25, 0.3) is 0 Å². The van der Waals surface area contributed by atoms with Crippen LogP contribution < -0.4 is 0 Å². The summed E-state index contributed by atoms with van der Waals surface area (Å²) in [6.45, 7) is 8.32. The highest BCUT2D eigenvalue weighted by molar-refractivity contribution is 9.10. The lowest BCUT2D eigenvalue weighted by atomic mass is 10.8. The van der Waals surface area contributed by atoms with Crippen LogP contribution in [0.4, 0.5) is 0 Å². The Bertz CT molecular complexity index is 79.0. The molecule has 0 N–H and O–H groups in total. The predicted octanol–water partition coefficient (Wildman–Crippen LogP) is 2.74. The molecule has 0 rings (SSSR count). The van der Waals surface area contributed by atoms with Crippen LogP contribution in [0.2, 0.25) is 12.1 Å². The van der Waals surface area contributed by atoms with Crippen molar-refractivity contribution in [3.8, 4) is 0 Å². The second-order valence-electron chi connectivity index (χ2n) is 2.26. The molecule has 1 unspecified atom stereocenters. The maximum atomic E-state index is 3.77. The number of rotatable bonds is 4. The average Bonchev–Trinajstić information content (AvgIpc) is 1.90. The van der Waals surface area contributed by atoms with E-state index in [2.05, 4.69) is 36.4 Å². The van der Waals surface area contributed by atoms with Crippen molar-refractivity contribution in [1.29, 1.82) is 0 Å². The lowest BCUT2D eigenvalue weighted by molar-refractivity contribution is 1.27. The number of hydrogen-bond donors (Lipinski definition) is 0. The quantitative estimate of drug-likeness (QED) is 0.378. The first kappa shape index (κ1) is 9.44. The third kappa shape index (κ3) is 3.21. The van der Waals surface area contributed by atoms with Gasteiger partial charge in [-0.1, -0.05) is 47.9 Å². The van der Waals surface area contributed by atoms with Crippen molar-refractivity contribution in [2.75, 3.05) is 0 Å². The summed E-state index contributed by atoms with van der Waals surface area (Å²) >= 11 is 3.61. The van der Waals surface area contributed by atoms with Crippen LogP contribution in [0.5, 0.6) is 0 Å². The summed E-state index contributed by atoms with van der Waals surface area (Å²) in [7, 11) is -0.488. The monoisotopic (exact) mass is 206 g/mol. The van der Waals surface area contributed by atoms with Gasteiger partial charge in [-0.05, 0) is 0 Å². The first-order valence-electron chi connectivity index (χ1n) is 3.52. The van der Waals surface area contributed by atoms with Gasteiger partial charge in [-0.2, -0.15) is 0 Å². The summed E-state index contributed by atoms with van der Waals surface area (Å²) in [6, 6.07) is 2.75. The lowest BCUT2D eigenvalue weighted by Crippen LogP contribution is -2.21. The van der Waals surface area contributed by atoms with Crippen LogP contribution >= 0.6 is 15.9 Å². The highest BCUT2D eigenvalue weighted by Crippen LogP contribution is 2.12. The van der Waals surface area contributed by atoms with Gasteiger partial charge in [0.1, 0.15) is 0 Å². The van der Waals surface area contributed by atoms with E-state index in [1.165, 1.54) is 12.1 Å². The average molecular weight is 207 g/mol. The molecule has 0 fully saturated rings. The molecule has 0 aromatic carbocycles. The van der Waals surface area contributed by atoms with Gasteiger partial charge in [0.15, 0.2) is 0 Å². The minimum atomic E-state index is -0.488. The largest absolute Gasteiger partial charge is 0.102 e. The second kappa shape index (κ2) is 5.24. The smallest absolute Gasteiger partial charge is 0.0569 e. The Balaban J connectivity index is 3.63. The standard InChI is InChI=1S/C7H15BrSi/c1-4-7(8)9(5-2)6-3/h4,7,9H,1,5-6H2,2-3H3. The molecule has 0 bridgehead atoms. The van der Waals surface area contributed by atoms with Gasteiger partial charge in [-0.25, -0.2) is 0 Å². The van der Waals surface area contributed by atoms with Crippen molar-refractivity contribution in [3.63, 3.8) is 0 Å². The summed E-state index contributed by atoms with van der Waals surface area (Å²) in [5.41, 5.74) is 0. The Morgan fingerprint density at radius 3 is 2.11 bits per heavy atom. The van der Waals surface area contributed by atoms with E-state index in [4.69, 9.17) is 0 Å². The Labute approximate surface area is 68.1 Å². The van der Waals surface area contributed by atoms with E-state index >= 15 is 0 Å². The summed E-state index contributed by atoms with van der Waals surface area (Å²) in [4.78, 5) is 0. The minimum Gasteiger partial charge on any atom is -0.102 e. The summed E-state index contributed by atoms with van der Waals surface area (Å²) in [5, 5.41) is 0. The van der Waals surface area contributed by atoms with Gasteiger partial charge < -0.3 is 0 Å². The van der Waals surface area contributed by atoms with E-state index in [9.17, 15) is 0 Å². The van der Waals surface area contributed by atoms with Crippen molar-refractivity contribution in [1.82, 2.24) is 0 Å². The summed E-state index contributed by atoms with van der Waals surface area (Å²) in [5.74, 6) is 0. The number of allylic oxidation sites excluding steroid dienone is 1. The van der Waals surface area contributed by atoms with Crippen LogP contribution in [0.1, 0.15) is 13.8 Å². The SMILES string of the molecule is C=CC(Br)[SiH](CC)CC. The van der Waals surface area contributed by atoms with Crippen LogP contribution in [0.3, 0.4) is 0 Å². The number of alkyl halides is 1. The van der Waals surface area contributed by atoms with Crippen LogP contribution in [0, 0.1) is 0 Å². The topological polar surface area (TPSA) is 0 Å². The zero-order valence-electron chi connectivity index (χ0n) is 6.23. The molecule has 0 aliphatic heterocycles. The first-order valence-corrected chi connectivity index (χ1v) is 6.74. The minimum absolute atomic E-state index is 0.488. The van der Waals surface area contributed by atoms with E-state index < -0.39 is 8.80 Å². The van der Waals surface area contributed by atoms with Crippen LogP contribution in [-0.2, 0) is 0 Å². The lowest BCUT2D eigenvalue weighted by Gasteiger charge is -2.12. The Morgan fingerprint density at radius 2 is 2.00 bits per heavy atom. The van der Waals surface area contributed by atoms with Crippen molar-refractivity contribution in [3.05, 3.63) is 12.7 Å². The van der Waals surface area contributed by atoms with Crippen molar-refractivity contribution >= 4 is 24.7 Å². The van der Waals surface area contributed by atoms with Crippen molar-refractivity contribution in [2.24, 2.45) is 0 Å². The summed E-state index contributed by atoms with van der Waals surface area (Å²) < 4.78 is 0.646. The van der Waals surface area contributed by atoms with E-state index in [0.29, 0.717) is 4.45 Å². The highest BCUT2D eigenvalue weighted by atomic mass is 79.9. The Hall–Kier alpha value is 0.437. The molecule has 0 spiro atoms. The van der Waals surface area contributed by atoms with Gasteiger partial charge in [0, 0.05) is 4.45 Å². The second-order valence-corrected chi connectivity index (χ2v) is 8.16. The fourth-order valence-electron chi connectivity index (χ4n) is 0.931. The highest BCUT2D eigenvalue weighted by Gasteiger charge is 2.12. The van der Waals surface area contributed by atoms with E-state index in [1.807, 2.05) is 6.08 Å². The zero-order chi connectivity index (χ0) is 7.28. The van der Waals surface area contributed by atoms with Gasteiger partial charge in [0.2, 0.25) is 0 Å². The van der Waals surface area contributed by atoms with Crippen molar-refractivity contribution in [2.45, 2.75) is 30.4 Å². The van der Waals surface area contributed by atoms with Gasteiger partial charge >= 0.3 is 0 Å². The molecule has 0 aliphatic rings. The molecule has 0 aromatic heterocycles. The van der Waals surface area contributed by atoms with Crippen LogP contribution in [0.15, 0.2) is 12.7 Å². The molecule has 0 amide bonds. The maximum Gasteiger partial charge on any atom is 0.0569 e. The number of hydrogen-bond acceptors (Lipinski definition) is 0. The molecule has 0 heterocycles. The van der Waals surface area contributed by atoms with Gasteiger partial charge in [0.05, 0.1) is 8.80 Å². The van der Waals surface area contributed by atoms with Gasteiger partial charge in [-0.15, -0.1) is 6.58 Å². The maximum absolute atomic E-state index is 3.77. The molecule has 0 saturated heterocycles. The molecule has 9 heavy (non-hydrogen) atoms. The molecule has 0 aromatic rings. The third-order valence-electron chi connectivity index (χ3n) is 1.72. The fraction of sp³-hybridized carbons (Fsp3) is 0.714. The Kier molecular flexibility index (Phi) is 5.49. The number of halogens is 1. The first-order chi connectivity index (χ1) is 4.26. The third-order valence-corrected chi connectivity index (χ3v) is 7.61. The van der Waals surface area contributed by atoms with Crippen molar-refractivity contribution < 1.29 is 0 Å². The predicted molar refractivity (Wildman–Crippen MR) is 51.0 cm³/mol. The van der Waals surface area contributed by atoms with Crippen LogP contribution in [0.25, 0.3) is 0 Å². The fourth-order valence-corrected chi connectivity index (χ4v) is 5.04. The molecule has 0 aliphatic carbocycles. The Morgan fingerprint density at radius 1 is 1.56 bits per heavy atom. The molecule has 0 saturated carbocycles. The molecule has 54 valence electrons. The van der Waals surface area contributed by atoms with Gasteiger partial charge in [-0.3, -0.25) is 0 Å². The van der Waals surface area contributed by atoms with E-state index in [1.54, 1.807) is 0 Å². The van der Waals surface area contributed by atoms with E-state index in [-0.39, 0.29) is 0 Å². The molecule has 0 nitrogen and oxygen atoms in total. The molecule has 0 radical (unpaired) electrons. The normalized spacial score (nSPS) is 13.8. The molecular formula is C7H15BrSi. The van der Waals surface area contributed by atoms with E-state index in [0.717, 1.165) is 0 Å². The summed E-state index contributed by atoms with van der Waals surface area (Å²) in [6.07, 6.45) is 2.03. The van der Waals surface area contributed by atoms with Crippen LogP contribution in [-0.4, -0.2) is 13.2 Å². The zero-order valence-corrected chi connectivity index (χ0v) is 8.97. The molecule has 1 atom stereocenters.